The molecule has 0 saturated carbocycles. The van der Waals surface area contributed by atoms with Crippen LogP contribution in [-0.2, 0) is 8.85 Å². The first-order chi connectivity index (χ1) is 13.3. The summed E-state index contributed by atoms with van der Waals surface area (Å²) in [4.78, 5) is 0. The normalized spacial score (nSPS) is 13.5. The third-order valence-electron chi connectivity index (χ3n) is 7.55. The highest BCUT2D eigenvalue weighted by molar-refractivity contribution is 7.99. The highest BCUT2D eigenvalue weighted by Gasteiger charge is 2.45. The second-order valence-electron chi connectivity index (χ2n) is 8.33. The van der Waals surface area contributed by atoms with Crippen LogP contribution >= 0.6 is 11.8 Å². The number of nitrogens with zero attached hydrogens (tertiary/aromatic N) is 1. The van der Waals surface area contributed by atoms with Gasteiger partial charge in [-0.3, -0.25) is 0 Å². The average Bonchev–Trinajstić information content (AvgIpc) is 2.75. The van der Waals surface area contributed by atoms with Gasteiger partial charge in [-0.15, -0.1) is 0 Å². The van der Waals surface area contributed by atoms with E-state index in [1.165, 1.54) is 67.2 Å². The molecule has 0 aromatic carbocycles. The molecule has 0 aliphatic carbocycles. The predicted molar refractivity (Wildman–Crippen MR) is 138 cm³/mol. The summed E-state index contributed by atoms with van der Waals surface area (Å²) >= 11 is 2.14. The Morgan fingerprint density at radius 2 is 1.07 bits per heavy atom. The predicted octanol–water partition coefficient (Wildman–Crippen LogP) is 7.18. The molecule has 0 fully saturated rings. The first-order valence-corrected chi connectivity index (χ1v) is 20.6. The summed E-state index contributed by atoms with van der Waals surface area (Å²) in [6.07, 6.45) is 2.57. The topological polar surface area (TPSA) is 21.7 Å². The molecule has 0 radical (unpaired) electrons. The Balaban J connectivity index is 4.80. The Hall–Kier alpha value is 0.881. The fraction of sp³-hybridized carbons (Fsp3) is 1.00. The van der Waals surface area contributed by atoms with Crippen molar-refractivity contribution >= 4 is 36.8 Å². The molecule has 7 heteroatoms. The monoisotopic (exact) mass is 465 g/mol. The van der Waals surface area contributed by atoms with E-state index in [-0.39, 0.29) is 0 Å². The van der Waals surface area contributed by atoms with Gasteiger partial charge in [0.1, 0.15) is 16.5 Å². The summed E-state index contributed by atoms with van der Waals surface area (Å²) < 4.78 is 14.4. The van der Waals surface area contributed by atoms with Gasteiger partial charge in [-0.05, 0) is 79.7 Å². The molecular formula is C21H51NO2SSi3. The van der Waals surface area contributed by atoms with Gasteiger partial charge in [0.15, 0.2) is 0 Å². The molecule has 0 aromatic rings. The molecule has 0 aromatic heterocycles. The van der Waals surface area contributed by atoms with Crippen molar-refractivity contribution in [1.29, 1.82) is 0 Å². The highest BCUT2D eigenvalue weighted by atomic mass is 32.2. The third kappa shape index (κ3) is 7.85. The minimum Gasteiger partial charge on any atom is -0.398 e. The number of rotatable bonds is 18. The van der Waals surface area contributed by atoms with E-state index < -0.39 is 25.0 Å². The van der Waals surface area contributed by atoms with Gasteiger partial charge < -0.3 is 13.1 Å². The zero-order chi connectivity index (χ0) is 21.7. The van der Waals surface area contributed by atoms with Crippen molar-refractivity contribution in [3.05, 3.63) is 0 Å². The summed E-state index contributed by atoms with van der Waals surface area (Å²) in [6.45, 7) is 18.4. The summed E-state index contributed by atoms with van der Waals surface area (Å²) in [6, 6.07) is 9.68. The molecule has 170 valence electrons. The second kappa shape index (κ2) is 14.8. The van der Waals surface area contributed by atoms with Crippen LogP contribution < -0.4 is 0 Å². The van der Waals surface area contributed by atoms with Crippen molar-refractivity contribution < 1.29 is 8.85 Å². The Labute approximate surface area is 185 Å². The van der Waals surface area contributed by atoms with E-state index in [0.717, 1.165) is 6.04 Å². The van der Waals surface area contributed by atoms with Gasteiger partial charge in [-0.1, -0.05) is 41.5 Å². The maximum atomic E-state index is 5.61. The fourth-order valence-electron chi connectivity index (χ4n) is 4.83. The van der Waals surface area contributed by atoms with E-state index in [0.29, 0.717) is 0 Å². The van der Waals surface area contributed by atoms with Gasteiger partial charge in [0, 0.05) is 14.2 Å². The molecule has 0 spiro atoms. The van der Waals surface area contributed by atoms with Crippen LogP contribution in [0.1, 0.15) is 54.4 Å². The van der Waals surface area contributed by atoms with E-state index in [1.807, 2.05) is 0 Å². The molecule has 0 heterocycles. The van der Waals surface area contributed by atoms with Crippen LogP contribution in [0.3, 0.4) is 0 Å². The number of thioether (sulfide) groups is 1. The lowest BCUT2D eigenvalue weighted by Crippen LogP contribution is -2.66. The van der Waals surface area contributed by atoms with Crippen molar-refractivity contribution in [3.63, 3.8) is 0 Å². The van der Waals surface area contributed by atoms with Crippen LogP contribution in [0, 0.1) is 0 Å². The van der Waals surface area contributed by atoms with Crippen LogP contribution in [-0.4, -0.2) is 61.5 Å². The molecule has 3 nitrogen and oxygen atoms in total. The third-order valence-corrected chi connectivity index (χ3v) is 25.2. The van der Waals surface area contributed by atoms with Gasteiger partial charge in [0.25, 0.3) is 0 Å². The van der Waals surface area contributed by atoms with Crippen LogP contribution in [0.4, 0.5) is 0 Å². The molecule has 0 amide bonds. The van der Waals surface area contributed by atoms with Crippen LogP contribution in [0.2, 0.25) is 48.9 Å². The lowest BCUT2D eigenvalue weighted by molar-refractivity contribution is 0.249. The average molecular weight is 466 g/mol. The molecular weight excluding hydrogens is 415 g/mol. The van der Waals surface area contributed by atoms with Crippen molar-refractivity contribution in [2.45, 2.75) is 103 Å². The smallest absolute Gasteiger partial charge is 0.334 e. The summed E-state index contributed by atoms with van der Waals surface area (Å²) in [5.41, 5.74) is 0. The van der Waals surface area contributed by atoms with E-state index in [1.54, 1.807) is 14.2 Å². The first-order valence-electron chi connectivity index (χ1n) is 11.8. The van der Waals surface area contributed by atoms with Gasteiger partial charge in [-0.25, -0.2) is 0 Å². The molecule has 0 atom stereocenters. The fourth-order valence-corrected chi connectivity index (χ4v) is 20.8. The zero-order valence-corrected chi connectivity index (χ0v) is 24.5. The largest absolute Gasteiger partial charge is 0.398 e. The van der Waals surface area contributed by atoms with Crippen molar-refractivity contribution in [2.75, 3.05) is 32.3 Å². The van der Waals surface area contributed by atoms with Crippen LogP contribution in [0.15, 0.2) is 0 Å². The summed E-state index contributed by atoms with van der Waals surface area (Å²) in [5.74, 6) is 2.54. The number of hydrogen-bond acceptors (Lipinski definition) is 4. The van der Waals surface area contributed by atoms with Crippen LogP contribution in [0.5, 0.6) is 0 Å². The molecule has 0 bridgehead atoms. The Bertz CT molecular complexity index is 353. The van der Waals surface area contributed by atoms with Crippen molar-refractivity contribution in [2.24, 2.45) is 0 Å². The molecule has 0 saturated heterocycles. The lowest BCUT2D eigenvalue weighted by atomic mass is 10.5. The highest BCUT2D eigenvalue weighted by Crippen LogP contribution is 2.36. The van der Waals surface area contributed by atoms with Gasteiger partial charge in [0.2, 0.25) is 0 Å². The maximum Gasteiger partial charge on any atom is 0.334 e. The number of hydrogen-bond donors (Lipinski definition) is 0. The zero-order valence-electron chi connectivity index (χ0n) is 20.7. The summed E-state index contributed by atoms with van der Waals surface area (Å²) in [7, 11) is -0.868. The molecule has 0 rings (SSSR count). The lowest BCUT2D eigenvalue weighted by Gasteiger charge is -2.52. The quantitative estimate of drug-likeness (QED) is 0.158. The molecule has 28 heavy (non-hydrogen) atoms. The second-order valence-corrected chi connectivity index (χ2v) is 23.8. The van der Waals surface area contributed by atoms with Crippen molar-refractivity contribution in [3.8, 4) is 0 Å². The Kier molecular flexibility index (Phi) is 15.3. The van der Waals surface area contributed by atoms with E-state index in [4.69, 9.17) is 8.85 Å². The molecule has 0 N–H and O–H groups in total. The first kappa shape index (κ1) is 28.9. The minimum atomic E-state index is -1.87. The molecule has 0 unspecified atom stereocenters. The van der Waals surface area contributed by atoms with Gasteiger partial charge >= 0.3 is 8.56 Å². The summed E-state index contributed by atoms with van der Waals surface area (Å²) in [5, 5.41) is 0. The van der Waals surface area contributed by atoms with Gasteiger partial charge in [0.05, 0.1) is 0 Å². The molecule has 0 aliphatic heterocycles. The standard InChI is InChI=1S/C21H51NO2SSi3/c1-10-27(11-2,12-3)22(28(13-4,14-5)15-6)18-16-19-25-20-17-21-26(9,23-7)24-8/h10-21H2,1-9H3. The van der Waals surface area contributed by atoms with Gasteiger partial charge in [-0.2, -0.15) is 11.8 Å². The van der Waals surface area contributed by atoms with E-state index >= 15 is 0 Å². The van der Waals surface area contributed by atoms with E-state index in [2.05, 4.69) is 64.1 Å². The Morgan fingerprint density at radius 1 is 0.679 bits per heavy atom. The molecule has 0 aliphatic rings. The minimum absolute atomic E-state index is 1.11. The van der Waals surface area contributed by atoms with Crippen LogP contribution in [0.25, 0.3) is 0 Å². The SMILES string of the molecule is CC[Si](CC)(CC)N(CCCSCCC[Si](C)(OC)OC)[Si](CC)(CC)CC. The Morgan fingerprint density at radius 3 is 1.43 bits per heavy atom. The maximum absolute atomic E-state index is 5.61. The van der Waals surface area contributed by atoms with Crippen molar-refractivity contribution in [1.82, 2.24) is 4.23 Å². The van der Waals surface area contributed by atoms with E-state index in [9.17, 15) is 0 Å².